The third-order valence-electron chi connectivity index (χ3n) is 7.58. The molecule has 0 spiro atoms. The van der Waals surface area contributed by atoms with E-state index >= 15 is 0 Å². The van der Waals surface area contributed by atoms with Crippen LogP contribution in [0.15, 0.2) is 59.8 Å². The Morgan fingerprint density at radius 2 is 1.65 bits per heavy atom. The van der Waals surface area contributed by atoms with Gasteiger partial charge in [-0.25, -0.2) is 8.42 Å². The summed E-state index contributed by atoms with van der Waals surface area (Å²) in [5, 5.41) is 4.19. The lowest BCUT2D eigenvalue weighted by atomic mass is 9.78. The molecule has 4 rings (SSSR count). The molecular formula is C27H34BNO7S. The second-order valence-electron chi connectivity index (χ2n) is 10.9. The highest BCUT2D eigenvalue weighted by Gasteiger charge is 2.52. The van der Waals surface area contributed by atoms with Gasteiger partial charge in [0.2, 0.25) is 0 Å². The van der Waals surface area contributed by atoms with Gasteiger partial charge in [-0.2, -0.15) is 0 Å². The number of sulfone groups is 1. The average Bonchev–Trinajstić information content (AvgIpc) is 3.38. The van der Waals surface area contributed by atoms with Crippen molar-refractivity contribution in [3.63, 3.8) is 0 Å². The van der Waals surface area contributed by atoms with E-state index in [1.165, 1.54) is 6.92 Å². The van der Waals surface area contributed by atoms with Crippen molar-refractivity contribution >= 4 is 34.1 Å². The summed E-state index contributed by atoms with van der Waals surface area (Å²) in [7, 11) is -4.27. The largest absolute Gasteiger partial charge is 0.494 e. The minimum Gasteiger partial charge on any atom is -0.460 e. The Kier molecular flexibility index (Phi) is 7.31. The first-order valence-corrected chi connectivity index (χ1v) is 14.2. The zero-order valence-corrected chi connectivity index (χ0v) is 23.0. The molecule has 2 aliphatic rings. The number of hydrogen-bond donors (Lipinski definition) is 0. The van der Waals surface area contributed by atoms with Gasteiger partial charge in [-0.05, 0) is 51.2 Å². The zero-order valence-electron chi connectivity index (χ0n) is 22.2. The molecule has 1 saturated heterocycles. The van der Waals surface area contributed by atoms with Crippen LogP contribution in [0.4, 0.5) is 0 Å². The molecule has 2 unspecified atom stereocenters. The van der Waals surface area contributed by atoms with Crippen molar-refractivity contribution in [2.24, 2.45) is 5.16 Å². The maximum atomic E-state index is 13.0. The monoisotopic (exact) mass is 527 g/mol. The number of nitrogens with zero attached hydrogens (tertiary/aromatic N) is 1. The van der Waals surface area contributed by atoms with E-state index in [2.05, 4.69) is 5.16 Å². The summed E-state index contributed by atoms with van der Waals surface area (Å²) >= 11 is 0. The van der Waals surface area contributed by atoms with Crippen LogP contribution in [-0.2, 0) is 40.1 Å². The number of carbonyl (C=O) groups excluding carboxylic acids is 1. The molecule has 0 aromatic heterocycles. The van der Waals surface area contributed by atoms with Gasteiger partial charge in [-0.1, -0.05) is 59.8 Å². The quantitative estimate of drug-likeness (QED) is 0.383. The van der Waals surface area contributed by atoms with Crippen LogP contribution in [0, 0.1) is 0 Å². The van der Waals surface area contributed by atoms with Gasteiger partial charge in [-0.3, -0.25) is 4.79 Å². The fourth-order valence-electron chi connectivity index (χ4n) is 4.22. The van der Waals surface area contributed by atoms with Crippen molar-refractivity contribution in [3.05, 3.63) is 65.7 Å². The van der Waals surface area contributed by atoms with E-state index < -0.39 is 45.0 Å². The Balaban J connectivity index is 1.40. The van der Waals surface area contributed by atoms with E-state index in [-0.39, 0.29) is 13.0 Å². The molecule has 37 heavy (non-hydrogen) atoms. The lowest BCUT2D eigenvalue weighted by Gasteiger charge is -2.32. The SMILES string of the molecule is CC1(C)OB(c2ccc(C3=NOC(CC(C)(C(=O)OCc4ccccc4)S(C)(=O)=O)C3)cc2)OC1(C)C. The molecule has 0 amide bonds. The van der Waals surface area contributed by atoms with Crippen LogP contribution in [0.25, 0.3) is 0 Å². The second-order valence-corrected chi connectivity index (χ2v) is 13.4. The summed E-state index contributed by atoms with van der Waals surface area (Å²) in [6.07, 6.45) is 0.759. The number of ether oxygens (including phenoxy) is 1. The van der Waals surface area contributed by atoms with Gasteiger partial charge in [0.25, 0.3) is 0 Å². The number of rotatable bonds is 8. The fraction of sp³-hybridized carbons (Fsp3) is 0.481. The molecule has 8 nitrogen and oxygen atoms in total. The summed E-state index contributed by atoms with van der Waals surface area (Å²) in [6, 6.07) is 16.8. The van der Waals surface area contributed by atoms with E-state index in [1.54, 1.807) is 0 Å². The van der Waals surface area contributed by atoms with E-state index in [1.807, 2.05) is 82.3 Å². The summed E-state index contributed by atoms with van der Waals surface area (Å²) in [5.74, 6) is -0.803. The third kappa shape index (κ3) is 5.61. The van der Waals surface area contributed by atoms with Crippen LogP contribution in [0.1, 0.15) is 58.6 Å². The molecule has 10 heteroatoms. The van der Waals surface area contributed by atoms with Crippen LogP contribution in [0.2, 0.25) is 0 Å². The van der Waals surface area contributed by atoms with Crippen molar-refractivity contribution in [2.45, 2.75) is 76.1 Å². The van der Waals surface area contributed by atoms with Gasteiger partial charge in [0.1, 0.15) is 12.7 Å². The molecule has 1 fully saturated rings. The molecule has 2 heterocycles. The Bertz CT molecular complexity index is 1260. The molecule has 0 saturated carbocycles. The Hall–Kier alpha value is -2.69. The smallest absolute Gasteiger partial charge is 0.460 e. The molecule has 0 N–H and O–H groups in total. The minimum absolute atomic E-state index is 0.00675. The van der Waals surface area contributed by atoms with Crippen LogP contribution >= 0.6 is 0 Å². The first-order chi connectivity index (χ1) is 17.2. The van der Waals surface area contributed by atoms with Gasteiger partial charge in [-0.15, -0.1) is 0 Å². The molecular weight excluding hydrogens is 493 g/mol. The van der Waals surface area contributed by atoms with Crippen LogP contribution in [0.5, 0.6) is 0 Å². The Morgan fingerprint density at radius 1 is 1.05 bits per heavy atom. The predicted octanol–water partition coefficient (Wildman–Crippen LogP) is 3.42. The van der Waals surface area contributed by atoms with Gasteiger partial charge < -0.3 is 18.9 Å². The molecule has 2 aliphatic heterocycles. The minimum atomic E-state index is -3.81. The first kappa shape index (κ1) is 27.4. The van der Waals surface area contributed by atoms with Crippen molar-refractivity contribution in [2.75, 3.05) is 6.26 Å². The van der Waals surface area contributed by atoms with Crippen LogP contribution in [-0.4, -0.2) is 55.5 Å². The molecule has 198 valence electrons. The van der Waals surface area contributed by atoms with Crippen molar-refractivity contribution in [1.82, 2.24) is 0 Å². The summed E-state index contributed by atoms with van der Waals surface area (Å²) in [6.45, 7) is 9.41. The number of hydrogen-bond acceptors (Lipinski definition) is 8. The maximum absolute atomic E-state index is 13.0. The van der Waals surface area contributed by atoms with Crippen molar-refractivity contribution in [3.8, 4) is 0 Å². The summed E-state index contributed by atoms with van der Waals surface area (Å²) in [5.41, 5.74) is 2.33. The Labute approximate surface area is 219 Å². The molecule has 0 aliphatic carbocycles. The van der Waals surface area contributed by atoms with Gasteiger partial charge in [0.15, 0.2) is 14.6 Å². The van der Waals surface area contributed by atoms with Gasteiger partial charge in [0, 0.05) is 19.1 Å². The normalized spacial score (nSPS) is 22.2. The van der Waals surface area contributed by atoms with E-state index in [9.17, 15) is 13.2 Å². The molecule has 2 atom stereocenters. The standard InChI is InChI=1S/C27H34BNO7S/c1-25(2)26(3,4)36-28(35-25)21-14-12-20(13-15-21)23-16-22(34-29-23)17-27(5,37(6,31)32)24(30)33-18-19-10-8-7-9-11-19/h7-15,22H,16-18H2,1-6H3. The molecule has 0 bridgehead atoms. The summed E-state index contributed by atoms with van der Waals surface area (Å²) in [4.78, 5) is 18.5. The summed E-state index contributed by atoms with van der Waals surface area (Å²) < 4.78 is 41.2. The third-order valence-corrected chi connectivity index (χ3v) is 9.55. The lowest BCUT2D eigenvalue weighted by molar-refractivity contribution is -0.148. The predicted molar refractivity (Wildman–Crippen MR) is 142 cm³/mol. The Morgan fingerprint density at radius 3 is 2.22 bits per heavy atom. The van der Waals surface area contributed by atoms with Crippen molar-refractivity contribution in [1.29, 1.82) is 0 Å². The molecule has 0 radical (unpaired) electrons. The second kappa shape index (κ2) is 9.89. The number of benzene rings is 2. The highest BCUT2D eigenvalue weighted by Crippen LogP contribution is 2.36. The zero-order chi connectivity index (χ0) is 27.1. The highest BCUT2D eigenvalue weighted by molar-refractivity contribution is 7.92. The lowest BCUT2D eigenvalue weighted by Crippen LogP contribution is -2.46. The topological polar surface area (TPSA) is 100 Å². The van der Waals surface area contributed by atoms with Gasteiger partial charge >= 0.3 is 13.1 Å². The fourth-order valence-corrected chi connectivity index (χ4v) is 5.07. The average molecular weight is 527 g/mol. The molecule has 2 aromatic carbocycles. The van der Waals surface area contributed by atoms with E-state index in [0.29, 0.717) is 12.1 Å². The number of esters is 1. The van der Waals surface area contributed by atoms with E-state index in [4.69, 9.17) is 18.9 Å². The van der Waals surface area contributed by atoms with Crippen LogP contribution < -0.4 is 5.46 Å². The molecule has 2 aromatic rings. The number of carbonyl (C=O) groups is 1. The van der Waals surface area contributed by atoms with Crippen molar-refractivity contribution < 1.29 is 32.1 Å². The first-order valence-electron chi connectivity index (χ1n) is 12.3. The highest BCUT2D eigenvalue weighted by atomic mass is 32.2. The maximum Gasteiger partial charge on any atom is 0.494 e. The van der Waals surface area contributed by atoms with Gasteiger partial charge in [0.05, 0.1) is 16.9 Å². The number of oxime groups is 1. The van der Waals surface area contributed by atoms with E-state index in [0.717, 1.165) is 22.8 Å². The van der Waals surface area contributed by atoms with Crippen LogP contribution in [0.3, 0.4) is 0 Å².